The molecule has 0 fully saturated rings. The Balaban J connectivity index is 1.50. The van der Waals surface area contributed by atoms with Crippen molar-refractivity contribution in [3.8, 4) is 27.3 Å². The van der Waals surface area contributed by atoms with Crippen molar-refractivity contribution in [3.63, 3.8) is 0 Å². The summed E-state index contributed by atoms with van der Waals surface area (Å²) in [5.41, 5.74) is 4.17. The van der Waals surface area contributed by atoms with E-state index in [9.17, 15) is 4.79 Å². The molecule has 0 saturated carbocycles. The van der Waals surface area contributed by atoms with Gasteiger partial charge in [0.15, 0.2) is 5.65 Å². The molecule has 29 heavy (non-hydrogen) atoms. The molecule has 0 aliphatic carbocycles. The van der Waals surface area contributed by atoms with Crippen LogP contribution >= 0.6 is 11.3 Å². The van der Waals surface area contributed by atoms with E-state index < -0.39 is 0 Å². The van der Waals surface area contributed by atoms with Crippen molar-refractivity contribution in [1.82, 2.24) is 19.6 Å². The first kappa shape index (κ1) is 17.4. The molecule has 5 rings (SSSR count). The highest BCUT2D eigenvalue weighted by molar-refractivity contribution is 7.14. The Labute approximate surface area is 170 Å². The summed E-state index contributed by atoms with van der Waals surface area (Å²) in [6.07, 6.45) is 5.13. The lowest BCUT2D eigenvalue weighted by Crippen LogP contribution is -2.16. The van der Waals surface area contributed by atoms with Crippen LogP contribution in [0.25, 0.3) is 27.2 Å². The average Bonchev–Trinajstić information content (AvgIpc) is 3.41. The molecule has 142 valence electrons. The molecule has 0 amide bonds. The average molecular weight is 400 g/mol. The fourth-order valence-corrected chi connectivity index (χ4v) is 4.06. The lowest BCUT2D eigenvalue weighted by Gasteiger charge is -2.05. The SMILES string of the molecule is O=c1cc(COc2cccnc2)nc2c(-c3cc(-c4ccccc4)cs3)c[nH]n12. The van der Waals surface area contributed by atoms with E-state index in [0.717, 1.165) is 21.6 Å². The van der Waals surface area contributed by atoms with Gasteiger partial charge in [-0.3, -0.25) is 14.9 Å². The van der Waals surface area contributed by atoms with E-state index in [1.807, 2.05) is 30.5 Å². The predicted octanol–water partition coefficient (Wildman–Crippen LogP) is 4.39. The second kappa shape index (κ2) is 7.37. The highest BCUT2D eigenvalue weighted by Crippen LogP contribution is 2.34. The van der Waals surface area contributed by atoms with Gasteiger partial charge in [-0.1, -0.05) is 30.3 Å². The molecule has 0 atom stereocenters. The van der Waals surface area contributed by atoms with Gasteiger partial charge in [-0.15, -0.1) is 11.3 Å². The summed E-state index contributed by atoms with van der Waals surface area (Å²) in [7, 11) is 0. The Morgan fingerprint density at radius 1 is 1.07 bits per heavy atom. The zero-order chi connectivity index (χ0) is 19.6. The Kier molecular flexibility index (Phi) is 4.42. The number of nitrogens with zero attached hydrogens (tertiary/aromatic N) is 3. The molecule has 1 aromatic carbocycles. The van der Waals surface area contributed by atoms with Gasteiger partial charge in [-0.05, 0) is 34.7 Å². The van der Waals surface area contributed by atoms with E-state index >= 15 is 0 Å². The first-order valence-electron chi connectivity index (χ1n) is 9.05. The van der Waals surface area contributed by atoms with Gasteiger partial charge in [0.1, 0.15) is 12.4 Å². The van der Waals surface area contributed by atoms with Gasteiger partial charge in [-0.2, -0.15) is 0 Å². The van der Waals surface area contributed by atoms with Crippen LogP contribution in [0.1, 0.15) is 5.69 Å². The van der Waals surface area contributed by atoms with Crippen LogP contribution in [-0.4, -0.2) is 19.6 Å². The van der Waals surface area contributed by atoms with Gasteiger partial charge in [-0.25, -0.2) is 9.50 Å². The number of rotatable bonds is 5. The fraction of sp³-hybridized carbons (Fsp3) is 0.0455. The molecule has 0 aliphatic rings. The molecular formula is C22H16N4O2S. The third kappa shape index (κ3) is 3.43. The Hall–Kier alpha value is -3.71. The normalized spacial score (nSPS) is 11.0. The molecule has 4 aromatic heterocycles. The number of fused-ring (bicyclic) bond motifs is 1. The van der Waals surface area contributed by atoms with Gasteiger partial charge >= 0.3 is 0 Å². The molecule has 6 nitrogen and oxygen atoms in total. The fourth-order valence-electron chi connectivity index (χ4n) is 3.13. The standard InChI is InChI=1S/C22H16N4O2S/c27-21-10-17(13-28-18-7-4-8-23-11-18)25-22-19(12-24-26(21)22)20-9-16(14-29-20)15-5-2-1-3-6-15/h1-12,14,24H,13H2. The highest BCUT2D eigenvalue weighted by atomic mass is 32.1. The Morgan fingerprint density at radius 3 is 2.79 bits per heavy atom. The lowest BCUT2D eigenvalue weighted by molar-refractivity contribution is 0.300. The van der Waals surface area contributed by atoms with Gasteiger partial charge in [0.2, 0.25) is 0 Å². The van der Waals surface area contributed by atoms with Gasteiger partial charge in [0, 0.05) is 23.3 Å². The maximum atomic E-state index is 12.5. The van der Waals surface area contributed by atoms with Crippen LogP contribution in [-0.2, 0) is 6.61 Å². The number of hydrogen-bond acceptors (Lipinski definition) is 5. The van der Waals surface area contributed by atoms with Crippen LogP contribution < -0.4 is 10.3 Å². The number of aromatic nitrogens is 4. The quantitative estimate of drug-likeness (QED) is 0.475. The predicted molar refractivity (Wildman–Crippen MR) is 113 cm³/mol. The Morgan fingerprint density at radius 2 is 1.97 bits per heavy atom. The van der Waals surface area contributed by atoms with Crippen molar-refractivity contribution in [1.29, 1.82) is 0 Å². The first-order chi connectivity index (χ1) is 14.3. The summed E-state index contributed by atoms with van der Waals surface area (Å²) in [5, 5.41) is 5.12. The van der Waals surface area contributed by atoms with Crippen molar-refractivity contribution >= 4 is 17.0 Å². The number of ether oxygens (including phenoxy) is 1. The minimum atomic E-state index is -0.175. The summed E-state index contributed by atoms with van der Waals surface area (Å²) in [6.45, 7) is 0.196. The van der Waals surface area contributed by atoms with Crippen molar-refractivity contribution in [2.75, 3.05) is 0 Å². The molecule has 0 spiro atoms. The van der Waals surface area contributed by atoms with Crippen LogP contribution in [0.3, 0.4) is 0 Å². The van der Waals surface area contributed by atoms with E-state index in [-0.39, 0.29) is 12.2 Å². The molecule has 0 radical (unpaired) electrons. The van der Waals surface area contributed by atoms with Crippen molar-refractivity contribution in [3.05, 3.63) is 94.6 Å². The number of H-pyrrole nitrogens is 1. The van der Waals surface area contributed by atoms with Crippen molar-refractivity contribution in [2.45, 2.75) is 6.61 Å². The maximum absolute atomic E-state index is 12.5. The smallest absolute Gasteiger partial charge is 0.273 e. The maximum Gasteiger partial charge on any atom is 0.273 e. The number of aromatic amines is 1. The van der Waals surface area contributed by atoms with Crippen LogP contribution in [0.2, 0.25) is 0 Å². The summed E-state index contributed by atoms with van der Waals surface area (Å²) in [6, 6.07) is 17.4. The minimum absolute atomic E-state index is 0.175. The van der Waals surface area contributed by atoms with E-state index in [0.29, 0.717) is 17.1 Å². The van der Waals surface area contributed by atoms with E-state index in [4.69, 9.17) is 4.74 Å². The minimum Gasteiger partial charge on any atom is -0.486 e. The van der Waals surface area contributed by atoms with Crippen LogP contribution in [0.15, 0.2) is 83.4 Å². The molecule has 7 heteroatoms. The molecule has 0 aliphatic heterocycles. The third-order valence-corrected chi connectivity index (χ3v) is 5.51. The van der Waals surface area contributed by atoms with E-state index in [1.165, 1.54) is 10.6 Å². The van der Waals surface area contributed by atoms with E-state index in [1.54, 1.807) is 29.8 Å². The zero-order valence-electron chi connectivity index (χ0n) is 15.3. The largest absolute Gasteiger partial charge is 0.486 e. The summed E-state index contributed by atoms with van der Waals surface area (Å²) in [5.74, 6) is 0.634. The van der Waals surface area contributed by atoms with Gasteiger partial charge < -0.3 is 4.74 Å². The van der Waals surface area contributed by atoms with Crippen LogP contribution in [0.5, 0.6) is 5.75 Å². The van der Waals surface area contributed by atoms with E-state index in [2.05, 4.69) is 38.6 Å². The topological polar surface area (TPSA) is 72.3 Å². The molecule has 0 unspecified atom stereocenters. The second-order valence-corrected chi connectivity index (χ2v) is 7.39. The third-order valence-electron chi connectivity index (χ3n) is 4.54. The van der Waals surface area contributed by atoms with Gasteiger partial charge in [0.05, 0.1) is 17.5 Å². The number of hydrogen-bond donors (Lipinski definition) is 1. The number of benzene rings is 1. The van der Waals surface area contributed by atoms with Crippen molar-refractivity contribution < 1.29 is 4.74 Å². The summed E-state index contributed by atoms with van der Waals surface area (Å²) < 4.78 is 7.15. The number of thiophene rings is 1. The first-order valence-corrected chi connectivity index (χ1v) is 9.93. The zero-order valence-corrected chi connectivity index (χ0v) is 16.1. The highest BCUT2D eigenvalue weighted by Gasteiger charge is 2.13. The molecule has 0 saturated heterocycles. The number of nitrogens with one attached hydrogen (secondary N) is 1. The lowest BCUT2D eigenvalue weighted by atomic mass is 10.1. The van der Waals surface area contributed by atoms with Gasteiger partial charge in [0.25, 0.3) is 5.56 Å². The molecular weight excluding hydrogens is 384 g/mol. The second-order valence-electron chi connectivity index (χ2n) is 6.47. The Bertz CT molecular complexity index is 1320. The molecule has 1 N–H and O–H groups in total. The number of pyridine rings is 1. The molecule has 0 bridgehead atoms. The monoisotopic (exact) mass is 400 g/mol. The molecule has 4 heterocycles. The van der Waals surface area contributed by atoms with Crippen LogP contribution in [0, 0.1) is 0 Å². The summed E-state index contributed by atoms with van der Waals surface area (Å²) in [4.78, 5) is 22.2. The summed E-state index contributed by atoms with van der Waals surface area (Å²) >= 11 is 1.62. The van der Waals surface area contributed by atoms with Crippen molar-refractivity contribution in [2.24, 2.45) is 0 Å². The van der Waals surface area contributed by atoms with Crippen LogP contribution in [0.4, 0.5) is 0 Å². The molecule has 5 aromatic rings.